The maximum absolute atomic E-state index is 13.7. The zero-order valence-electron chi connectivity index (χ0n) is 20.1. The topological polar surface area (TPSA) is 72.3 Å². The molecule has 2 fully saturated rings. The fourth-order valence-corrected chi connectivity index (χ4v) is 5.97. The van der Waals surface area contributed by atoms with E-state index in [1.165, 1.54) is 17.4 Å². The molecule has 7 nitrogen and oxygen atoms in total. The van der Waals surface area contributed by atoms with Crippen molar-refractivity contribution >= 4 is 40.1 Å². The highest BCUT2D eigenvalue weighted by Crippen LogP contribution is 2.33. The maximum Gasteiger partial charge on any atom is 0.266 e. The van der Waals surface area contributed by atoms with E-state index in [4.69, 9.17) is 9.72 Å². The van der Waals surface area contributed by atoms with E-state index in [0.717, 1.165) is 68.0 Å². The van der Waals surface area contributed by atoms with E-state index in [2.05, 4.69) is 27.3 Å². The van der Waals surface area contributed by atoms with Gasteiger partial charge < -0.3 is 15.0 Å². The first-order valence-corrected chi connectivity index (χ1v) is 13.4. The zero-order valence-corrected chi connectivity index (χ0v) is 20.9. The first kappa shape index (κ1) is 23.1. The number of anilines is 3. The molecule has 2 aromatic heterocycles. The molecule has 8 heteroatoms. The van der Waals surface area contributed by atoms with Gasteiger partial charge in [-0.3, -0.25) is 9.36 Å². The molecule has 4 aromatic rings. The fraction of sp³-hybridized carbons (Fsp3) is 0.321. The highest BCUT2D eigenvalue weighted by molar-refractivity contribution is 7.99. The molecule has 184 valence electrons. The molecule has 3 heterocycles. The summed E-state index contributed by atoms with van der Waals surface area (Å²) in [6.07, 6.45) is 6.11. The third kappa shape index (κ3) is 4.83. The quantitative estimate of drug-likeness (QED) is 0.368. The monoisotopic (exact) mass is 499 g/mol. The summed E-state index contributed by atoms with van der Waals surface area (Å²) >= 11 is 1.51. The summed E-state index contributed by atoms with van der Waals surface area (Å²) in [6, 6.07) is 20.4. The predicted molar refractivity (Wildman–Crippen MR) is 145 cm³/mol. The number of morpholine rings is 1. The second-order valence-electron chi connectivity index (χ2n) is 9.28. The SMILES string of the molecule is O=c1c(Sc2ccccc2)cc2cnc(Nc3ccc(N4CCOCC4)cc3)nc2n1C1CCCC1. The number of hydrogen-bond acceptors (Lipinski definition) is 7. The van der Waals surface area contributed by atoms with Gasteiger partial charge in [-0.1, -0.05) is 42.8 Å². The molecule has 36 heavy (non-hydrogen) atoms. The number of nitrogens with one attached hydrogen (secondary N) is 1. The van der Waals surface area contributed by atoms with Crippen LogP contribution >= 0.6 is 11.8 Å². The summed E-state index contributed by atoms with van der Waals surface area (Å²) in [5.41, 5.74) is 2.83. The van der Waals surface area contributed by atoms with Crippen molar-refractivity contribution in [2.45, 2.75) is 41.5 Å². The van der Waals surface area contributed by atoms with Crippen LogP contribution in [0.2, 0.25) is 0 Å². The molecule has 1 saturated heterocycles. The van der Waals surface area contributed by atoms with Gasteiger partial charge >= 0.3 is 0 Å². The van der Waals surface area contributed by atoms with Gasteiger partial charge in [0.1, 0.15) is 5.65 Å². The molecular formula is C28H29N5O2S. The van der Waals surface area contributed by atoms with Crippen LogP contribution in [0, 0.1) is 0 Å². The number of pyridine rings is 1. The molecule has 0 bridgehead atoms. The number of hydrogen-bond donors (Lipinski definition) is 1. The van der Waals surface area contributed by atoms with Crippen molar-refractivity contribution in [3.05, 3.63) is 77.2 Å². The van der Waals surface area contributed by atoms with Crippen molar-refractivity contribution in [3.63, 3.8) is 0 Å². The van der Waals surface area contributed by atoms with Crippen LogP contribution in [-0.2, 0) is 4.74 Å². The van der Waals surface area contributed by atoms with E-state index < -0.39 is 0 Å². The van der Waals surface area contributed by atoms with Crippen LogP contribution in [-0.4, -0.2) is 40.8 Å². The molecule has 0 unspecified atom stereocenters. The Morgan fingerprint density at radius 2 is 1.72 bits per heavy atom. The van der Waals surface area contributed by atoms with Crippen LogP contribution in [0.5, 0.6) is 0 Å². The summed E-state index contributed by atoms with van der Waals surface area (Å²) in [6.45, 7) is 3.34. The van der Waals surface area contributed by atoms with Crippen LogP contribution in [0.15, 0.2) is 81.4 Å². The van der Waals surface area contributed by atoms with Gasteiger partial charge in [0, 0.05) is 47.0 Å². The first-order chi connectivity index (χ1) is 17.7. The Hall–Kier alpha value is -3.36. The highest BCUT2D eigenvalue weighted by atomic mass is 32.2. The summed E-state index contributed by atoms with van der Waals surface area (Å²) < 4.78 is 7.37. The summed E-state index contributed by atoms with van der Waals surface area (Å²) in [4.78, 5) is 27.2. The second-order valence-corrected chi connectivity index (χ2v) is 10.4. The number of benzene rings is 2. The molecule has 6 rings (SSSR count). The van der Waals surface area contributed by atoms with Gasteiger partial charge in [-0.2, -0.15) is 4.98 Å². The van der Waals surface area contributed by atoms with Crippen LogP contribution in [0.4, 0.5) is 17.3 Å². The lowest BCUT2D eigenvalue weighted by Gasteiger charge is -2.28. The van der Waals surface area contributed by atoms with Crippen molar-refractivity contribution < 1.29 is 4.74 Å². The Labute approximate surface area is 214 Å². The summed E-state index contributed by atoms with van der Waals surface area (Å²) in [5, 5.41) is 4.21. The zero-order chi connectivity index (χ0) is 24.3. The number of rotatable bonds is 6. The Morgan fingerprint density at radius 3 is 2.47 bits per heavy atom. The fourth-order valence-electron chi connectivity index (χ4n) is 5.05. The number of nitrogens with zero attached hydrogens (tertiary/aromatic N) is 4. The van der Waals surface area contributed by atoms with Gasteiger partial charge in [0.2, 0.25) is 5.95 Å². The van der Waals surface area contributed by atoms with E-state index in [9.17, 15) is 4.79 Å². The Morgan fingerprint density at radius 1 is 0.972 bits per heavy atom. The minimum atomic E-state index is 0.0303. The van der Waals surface area contributed by atoms with Gasteiger partial charge in [0.15, 0.2) is 0 Å². The molecule has 1 aliphatic heterocycles. The van der Waals surface area contributed by atoms with Crippen molar-refractivity contribution in [3.8, 4) is 0 Å². The van der Waals surface area contributed by atoms with E-state index in [1.54, 1.807) is 0 Å². The van der Waals surface area contributed by atoms with Crippen LogP contribution < -0.4 is 15.8 Å². The minimum absolute atomic E-state index is 0.0303. The van der Waals surface area contributed by atoms with E-state index >= 15 is 0 Å². The minimum Gasteiger partial charge on any atom is -0.378 e. The molecule has 2 aromatic carbocycles. The lowest BCUT2D eigenvalue weighted by molar-refractivity contribution is 0.122. The summed E-state index contributed by atoms with van der Waals surface area (Å²) in [7, 11) is 0. The molecule has 0 amide bonds. The Bertz CT molecular complexity index is 1400. The van der Waals surface area contributed by atoms with Crippen molar-refractivity contribution in [2.24, 2.45) is 0 Å². The number of fused-ring (bicyclic) bond motifs is 1. The standard InChI is InChI=1S/C28H29N5O2S/c34-27-25(36-24-8-2-1-3-9-24)18-20-19-29-28(31-26(20)33(27)23-6-4-5-7-23)30-21-10-12-22(13-11-21)32-14-16-35-17-15-32/h1-3,8-13,18-19,23H,4-7,14-17H2,(H,29,30,31). The average Bonchev–Trinajstić information content (AvgIpc) is 3.45. The van der Waals surface area contributed by atoms with Crippen molar-refractivity contribution in [2.75, 3.05) is 36.5 Å². The predicted octanol–water partition coefficient (Wildman–Crippen LogP) is 5.64. The molecule has 0 atom stereocenters. The lowest BCUT2D eigenvalue weighted by Crippen LogP contribution is -2.36. The first-order valence-electron chi connectivity index (χ1n) is 12.6. The summed E-state index contributed by atoms with van der Waals surface area (Å²) in [5.74, 6) is 0.497. The number of ether oxygens (including phenoxy) is 1. The smallest absolute Gasteiger partial charge is 0.266 e. The van der Waals surface area contributed by atoms with Gasteiger partial charge in [0.25, 0.3) is 5.56 Å². The third-order valence-electron chi connectivity index (χ3n) is 6.90. The molecule has 0 spiro atoms. The van der Waals surface area contributed by atoms with Crippen molar-refractivity contribution in [1.29, 1.82) is 0 Å². The van der Waals surface area contributed by atoms with E-state index in [0.29, 0.717) is 16.5 Å². The molecule has 2 aliphatic rings. The van der Waals surface area contributed by atoms with Crippen molar-refractivity contribution in [1.82, 2.24) is 14.5 Å². The maximum atomic E-state index is 13.7. The van der Waals surface area contributed by atoms with Gasteiger partial charge in [-0.25, -0.2) is 4.98 Å². The van der Waals surface area contributed by atoms with Gasteiger partial charge in [-0.15, -0.1) is 0 Å². The van der Waals surface area contributed by atoms with E-state index in [1.807, 2.05) is 59.3 Å². The molecular weight excluding hydrogens is 470 g/mol. The Kier molecular flexibility index (Phi) is 6.61. The molecule has 1 N–H and O–H groups in total. The lowest BCUT2D eigenvalue weighted by atomic mass is 10.2. The molecule has 1 saturated carbocycles. The Balaban J connectivity index is 1.32. The second kappa shape index (κ2) is 10.3. The normalized spacial score (nSPS) is 16.5. The third-order valence-corrected chi connectivity index (χ3v) is 7.92. The van der Waals surface area contributed by atoms with Gasteiger partial charge in [0.05, 0.1) is 18.1 Å². The molecule has 1 aliphatic carbocycles. The van der Waals surface area contributed by atoms with Crippen LogP contribution in [0.1, 0.15) is 31.7 Å². The van der Waals surface area contributed by atoms with Crippen LogP contribution in [0.25, 0.3) is 11.0 Å². The highest BCUT2D eigenvalue weighted by Gasteiger charge is 2.23. The van der Waals surface area contributed by atoms with Crippen LogP contribution in [0.3, 0.4) is 0 Å². The largest absolute Gasteiger partial charge is 0.378 e. The van der Waals surface area contributed by atoms with Gasteiger partial charge in [-0.05, 0) is 55.3 Å². The average molecular weight is 500 g/mol. The number of aromatic nitrogens is 3. The molecule has 0 radical (unpaired) electrons. The van der Waals surface area contributed by atoms with E-state index in [-0.39, 0.29) is 11.6 Å².